The molecule has 0 saturated heterocycles. The molecule has 0 N–H and O–H groups in total. The molecule has 0 saturated carbocycles. The number of nitrogens with zero attached hydrogens (tertiary/aromatic N) is 4. The summed E-state index contributed by atoms with van der Waals surface area (Å²) in [5.41, 5.74) is 0.891. The summed E-state index contributed by atoms with van der Waals surface area (Å²) in [6, 6.07) is 7.28. The summed E-state index contributed by atoms with van der Waals surface area (Å²) in [5.74, 6) is 0.852. The number of halogens is 1. The smallest absolute Gasteiger partial charge is 0.252 e. The van der Waals surface area contributed by atoms with Crippen LogP contribution in [0.5, 0.6) is 5.75 Å². The number of ether oxygens (including phenoxy) is 1. The summed E-state index contributed by atoms with van der Waals surface area (Å²) in [4.78, 5) is 3.82. The first-order chi connectivity index (χ1) is 8.22. The third kappa shape index (κ3) is 2.55. The topological polar surface area (TPSA) is 63.7 Å². The van der Waals surface area contributed by atoms with E-state index >= 15 is 0 Å². The summed E-state index contributed by atoms with van der Waals surface area (Å²) in [6.45, 7) is 0.470. The van der Waals surface area contributed by atoms with Gasteiger partial charge in [0, 0.05) is 5.02 Å². The van der Waals surface area contributed by atoms with Crippen LogP contribution in [0.15, 0.2) is 24.5 Å². The minimum absolute atomic E-state index is 0.148. The number of methoxy groups -OCH3 is 1. The van der Waals surface area contributed by atoms with Gasteiger partial charge in [-0.25, -0.2) is 9.67 Å². The SMILES string of the molecule is COc1ccc(Cn2cnc(C#N)n2)c(Cl)c1. The third-order valence-electron chi connectivity index (χ3n) is 2.23. The number of hydrogen-bond acceptors (Lipinski definition) is 4. The Morgan fingerprint density at radius 1 is 1.53 bits per heavy atom. The summed E-state index contributed by atoms with van der Waals surface area (Å²) < 4.78 is 6.62. The van der Waals surface area contributed by atoms with Crippen molar-refractivity contribution in [2.24, 2.45) is 0 Å². The molecule has 1 aromatic heterocycles. The second-order valence-electron chi connectivity index (χ2n) is 3.33. The van der Waals surface area contributed by atoms with E-state index < -0.39 is 0 Å². The summed E-state index contributed by atoms with van der Waals surface area (Å²) in [6.07, 6.45) is 1.50. The fourth-order valence-corrected chi connectivity index (χ4v) is 1.61. The van der Waals surface area contributed by atoms with E-state index in [4.69, 9.17) is 21.6 Å². The fraction of sp³-hybridized carbons (Fsp3) is 0.182. The zero-order valence-corrected chi connectivity index (χ0v) is 9.85. The van der Waals surface area contributed by atoms with E-state index in [2.05, 4.69) is 10.1 Å². The van der Waals surface area contributed by atoms with E-state index in [0.29, 0.717) is 17.3 Å². The van der Waals surface area contributed by atoms with Gasteiger partial charge in [0.05, 0.1) is 13.7 Å². The average Bonchev–Trinajstić information content (AvgIpc) is 2.79. The molecule has 5 nitrogen and oxygen atoms in total. The molecule has 17 heavy (non-hydrogen) atoms. The maximum absolute atomic E-state index is 8.61. The van der Waals surface area contributed by atoms with Crippen LogP contribution in [0.1, 0.15) is 11.4 Å². The predicted molar refractivity (Wildman–Crippen MR) is 61.8 cm³/mol. The largest absolute Gasteiger partial charge is 0.497 e. The lowest BCUT2D eigenvalue weighted by Crippen LogP contribution is -2.01. The molecule has 0 fully saturated rings. The minimum Gasteiger partial charge on any atom is -0.497 e. The molecule has 1 heterocycles. The molecule has 86 valence electrons. The maximum atomic E-state index is 8.61. The first kappa shape index (κ1) is 11.4. The molecule has 0 spiro atoms. The van der Waals surface area contributed by atoms with E-state index in [9.17, 15) is 0 Å². The van der Waals surface area contributed by atoms with Gasteiger partial charge in [-0.3, -0.25) is 0 Å². The van der Waals surface area contributed by atoms with Crippen LogP contribution in [0.3, 0.4) is 0 Å². The van der Waals surface area contributed by atoms with Gasteiger partial charge in [0.1, 0.15) is 18.1 Å². The highest BCUT2D eigenvalue weighted by Crippen LogP contribution is 2.22. The highest BCUT2D eigenvalue weighted by molar-refractivity contribution is 6.31. The Labute approximate surface area is 103 Å². The number of benzene rings is 1. The molecule has 0 aliphatic rings. The molecule has 0 aliphatic carbocycles. The quantitative estimate of drug-likeness (QED) is 0.832. The molecule has 0 unspecified atom stereocenters. The molecule has 0 atom stereocenters. The van der Waals surface area contributed by atoms with Crippen LogP contribution in [0.25, 0.3) is 0 Å². The number of aromatic nitrogens is 3. The van der Waals surface area contributed by atoms with Crippen molar-refractivity contribution >= 4 is 11.6 Å². The maximum Gasteiger partial charge on any atom is 0.252 e. The van der Waals surface area contributed by atoms with Gasteiger partial charge in [-0.05, 0) is 17.7 Å². The lowest BCUT2D eigenvalue weighted by atomic mass is 10.2. The number of hydrogen-bond donors (Lipinski definition) is 0. The highest BCUT2D eigenvalue weighted by Gasteiger charge is 2.05. The van der Waals surface area contributed by atoms with Crippen LogP contribution >= 0.6 is 11.6 Å². The lowest BCUT2D eigenvalue weighted by Gasteiger charge is -2.06. The minimum atomic E-state index is 0.148. The van der Waals surface area contributed by atoms with E-state index in [1.165, 1.54) is 6.33 Å². The van der Waals surface area contributed by atoms with E-state index in [1.807, 2.05) is 18.2 Å². The van der Waals surface area contributed by atoms with Crippen molar-refractivity contribution in [3.05, 3.63) is 40.9 Å². The molecule has 0 amide bonds. The molecule has 6 heteroatoms. The van der Waals surface area contributed by atoms with Crippen LogP contribution < -0.4 is 4.74 Å². The van der Waals surface area contributed by atoms with E-state index in [1.54, 1.807) is 17.9 Å². The normalized spacial score (nSPS) is 9.94. The van der Waals surface area contributed by atoms with Crippen molar-refractivity contribution in [2.75, 3.05) is 7.11 Å². The van der Waals surface area contributed by atoms with Crippen molar-refractivity contribution in [3.8, 4) is 11.8 Å². The summed E-state index contributed by atoms with van der Waals surface area (Å²) in [7, 11) is 1.59. The van der Waals surface area contributed by atoms with Crippen LogP contribution in [-0.2, 0) is 6.54 Å². The van der Waals surface area contributed by atoms with Gasteiger partial charge >= 0.3 is 0 Å². The molecular weight excluding hydrogens is 240 g/mol. The van der Waals surface area contributed by atoms with E-state index in [0.717, 1.165) is 5.56 Å². The standard InChI is InChI=1S/C11H9ClN4O/c1-17-9-3-2-8(10(12)4-9)6-16-7-14-11(5-13)15-16/h2-4,7H,6H2,1H3. The van der Waals surface area contributed by atoms with Gasteiger partial charge < -0.3 is 4.74 Å². The van der Waals surface area contributed by atoms with Gasteiger partial charge in [-0.2, -0.15) is 5.26 Å². The molecule has 2 rings (SSSR count). The predicted octanol–water partition coefficient (Wildman–Crippen LogP) is 1.86. The van der Waals surface area contributed by atoms with Crippen molar-refractivity contribution in [1.29, 1.82) is 5.26 Å². The highest BCUT2D eigenvalue weighted by atomic mass is 35.5. The molecule has 2 aromatic rings. The molecule has 0 bridgehead atoms. The Hall–Kier alpha value is -2.06. The molecule has 0 aliphatic heterocycles. The van der Waals surface area contributed by atoms with Crippen LogP contribution in [0, 0.1) is 11.3 Å². The third-order valence-corrected chi connectivity index (χ3v) is 2.58. The van der Waals surface area contributed by atoms with Crippen LogP contribution in [0.4, 0.5) is 0 Å². The van der Waals surface area contributed by atoms with Crippen molar-refractivity contribution in [3.63, 3.8) is 0 Å². The van der Waals surface area contributed by atoms with Gasteiger partial charge in [-0.1, -0.05) is 17.7 Å². The first-order valence-electron chi connectivity index (χ1n) is 4.85. The van der Waals surface area contributed by atoms with Gasteiger partial charge in [0.2, 0.25) is 0 Å². The number of nitriles is 1. The van der Waals surface area contributed by atoms with Crippen molar-refractivity contribution in [2.45, 2.75) is 6.54 Å². The zero-order valence-electron chi connectivity index (χ0n) is 9.09. The molecular formula is C11H9ClN4O. The Kier molecular flexibility index (Phi) is 3.26. The second-order valence-corrected chi connectivity index (χ2v) is 3.74. The fourth-order valence-electron chi connectivity index (χ4n) is 1.38. The monoisotopic (exact) mass is 248 g/mol. The Balaban J connectivity index is 2.21. The average molecular weight is 249 g/mol. The van der Waals surface area contributed by atoms with Gasteiger partial charge in [0.15, 0.2) is 0 Å². The zero-order chi connectivity index (χ0) is 12.3. The van der Waals surface area contributed by atoms with Crippen molar-refractivity contribution < 1.29 is 4.74 Å². The Morgan fingerprint density at radius 3 is 2.94 bits per heavy atom. The Morgan fingerprint density at radius 2 is 2.35 bits per heavy atom. The molecule has 1 aromatic carbocycles. The van der Waals surface area contributed by atoms with Gasteiger partial charge in [-0.15, -0.1) is 5.10 Å². The van der Waals surface area contributed by atoms with E-state index in [-0.39, 0.29) is 5.82 Å². The number of rotatable bonds is 3. The second kappa shape index (κ2) is 4.85. The lowest BCUT2D eigenvalue weighted by molar-refractivity contribution is 0.414. The van der Waals surface area contributed by atoms with Crippen LogP contribution in [0.2, 0.25) is 5.02 Å². The van der Waals surface area contributed by atoms with Crippen molar-refractivity contribution in [1.82, 2.24) is 14.8 Å². The van der Waals surface area contributed by atoms with Gasteiger partial charge in [0.25, 0.3) is 5.82 Å². The summed E-state index contributed by atoms with van der Waals surface area (Å²) >= 11 is 6.09. The molecule has 0 radical (unpaired) electrons. The Bertz CT molecular complexity index is 573. The first-order valence-corrected chi connectivity index (χ1v) is 5.22. The van der Waals surface area contributed by atoms with Crippen LogP contribution in [-0.4, -0.2) is 21.9 Å². The summed E-state index contributed by atoms with van der Waals surface area (Å²) in [5, 5.41) is 13.2.